The van der Waals surface area contributed by atoms with E-state index in [9.17, 15) is 4.79 Å². The number of hydrogen-bond donors (Lipinski definition) is 1. The Hall–Kier alpha value is -2.56. The Morgan fingerprint density at radius 2 is 2.10 bits per heavy atom. The number of nitrogens with two attached hydrogens (primary N) is 1. The maximum absolute atomic E-state index is 11.9. The molecule has 0 aliphatic rings. The molecular weight excluding hydrogens is 268 g/mol. The van der Waals surface area contributed by atoms with Crippen molar-refractivity contribution in [2.24, 2.45) is 0 Å². The van der Waals surface area contributed by atoms with Crippen LogP contribution in [0.25, 0.3) is 0 Å². The average molecular weight is 286 g/mol. The van der Waals surface area contributed by atoms with Gasteiger partial charge in [-0.15, -0.1) is 0 Å². The molecule has 5 heteroatoms. The monoisotopic (exact) mass is 286 g/mol. The van der Waals surface area contributed by atoms with Crippen molar-refractivity contribution in [3.05, 3.63) is 53.3 Å². The van der Waals surface area contributed by atoms with Crippen LogP contribution in [0.1, 0.15) is 28.4 Å². The summed E-state index contributed by atoms with van der Waals surface area (Å²) in [6.45, 7) is 4.34. The predicted molar refractivity (Wildman–Crippen MR) is 80.1 cm³/mol. The van der Waals surface area contributed by atoms with Crippen LogP contribution in [0, 0.1) is 6.92 Å². The summed E-state index contributed by atoms with van der Waals surface area (Å²) >= 11 is 0. The standard InChI is InChI=1S/C16H18N2O3/c1-3-20-16(19)14-7-13(17)4-5-15(14)21-10-12-6-11(2)8-18-9-12/h4-9H,3,10,17H2,1-2H3. The molecule has 0 atom stereocenters. The second-order valence-electron chi connectivity index (χ2n) is 4.64. The number of aryl methyl sites for hydroxylation is 1. The average Bonchev–Trinajstić information content (AvgIpc) is 2.46. The SMILES string of the molecule is CCOC(=O)c1cc(N)ccc1OCc1cncc(C)c1. The van der Waals surface area contributed by atoms with Crippen molar-refractivity contribution in [3.63, 3.8) is 0 Å². The number of nitrogens with zero attached hydrogens (tertiary/aromatic N) is 1. The number of pyridine rings is 1. The minimum Gasteiger partial charge on any atom is -0.488 e. The van der Waals surface area contributed by atoms with Crippen LogP contribution in [0.2, 0.25) is 0 Å². The largest absolute Gasteiger partial charge is 0.488 e. The molecule has 1 aromatic carbocycles. The number of carbonyl (C=O) groups excluding carboxylic acids is 1. The van der Waals surface area contributed by atoms with E-state index in [-0.39, 0.29) is 0 Å². The molecule has 5 nitrogen and oxygen atoms in total. The molecule has 2 N–H and O–H groups in total. The number of carbonyl (C=O) groups is 1. The van der Waals surface area contributed by atoms with Crippen LogP contribution in [0.3, 0.4) is 0 Å². The van der Waals surface area contributed by atoms with Gasteiger partial charge in [-0.2, -0.15) is 0 Å². The lowest BCUT2D eigenvalue weighted by Gasteiger charge is -2.11. The van der Waals surface area contributed by atoms with Crippen molar-refractivity contribution in [1.82, 2.24) is 4.98 Å². The third kappa shape index (κ3) is 3.95. The zero-order valence-corrected chi connectivity index (χ0v) is 12.1. The molecule has 0 amide bonds. The zero-order chi connectivity index (χ0) is 15.2. The van der Waals surface area contributed by atoms with E-state index in [2.05, 4.69) is 4.98 Å². The van der Waals surface area contributed by atoms with Crippen molar-refractivity contribution in [2.45, 2.75) is 20.5 Å². The number of aromatic nitrogens is 1. The molecule has 1 aromatic heterocycles. The highest BCUT2D eigenvalue weighted by atomic mass is 16.5. The Morgan fingerprint density at radius 3 is 2.81 bits per heavy atom. The van der Waals surface area contributed by atoms with Crippen molar-refractivity contribution >= 4 is 11.7 Å². The molecule has 21 heavy (non-hydrogen) atoms. The molecule has 0 bridgehead atoms. The lowest BCUT2D eigenvalue weighted by atomic mass is 10.1. The molecule has 0 radical (unpaired) electrons. The van der Waals surface area contributed by atoms with E-state index in [4.69, 9.17) is 15.2 Å². The van der Waals surface area contributed by atoms with Crippen LogP contribution in [0.15, 0.2) is 36.7 Å². The number of anilines is 1. The first kappa shape index (κ1) is 14.8. The minimum atomic E-state index is -0.442. The van der Waals surface area contributed by atoms with Crippen LogP contribution in [-0.4, -0.2) is 17.6 Å². The Labute approximate surface area is 123 Å². The van der Waals surface area contributed by atoms with Gasteiger partial charge in [-0.1, -0.05) is 0 Å². The maximum atomic E-state index is 11.9. The smallest absolute Gasteiger partial charge is 0.341 e. The van der Waals surface area contributed by atoms with Gasteiger partial charge in [0.2, 0.25) is 0 Å². The Kier molecular flexibility index (Phi) is 4.77. The number of hydrogen-bond acceptors (Lipinski definition) is 5. The minimum absolute atomic E-state index is 0.300. The normalized spacial score (nSPS) is 10.2. The van der Waals surface area contributed by atoms with Crippen molar-refractivity contribution in [2.75, 3.05) is 12.3 Å². The Balaban J connectivity index is 2.17. The van der Waals surface area contributed by atoms with Crippen molar-refractivity contribution in [3.8, 4) is 5.75 Å². The lowest BCUT2D eigenvalue weighted by Crippen LogP contribution is -2.09. The number of nitrogen functional groups attached to an aromatic ring is 1. The van der Waals surface area contributed by atoms with Crippen LogP contribution in [0.5, 0.6) is 5.75 Å². The van der Waals surface area contributed by atoms with E-state index >= 15 is 0 Å². The molecule has 110 valence electrons. The number of benzene rings is 1. The van der Waals surface area contributed by atoms with E-state index in [1.807, 2.05) is 13.0 Å². The molecule has 0 fully saturated rings. The van der Waals surface area contributed by atoms with Crippen LogP contribution in [0.4, 0.5) is 5.69 Å². The summed E-state index contributed by atoms with van der Waals surface area (Å²) in [6.07, 6.45) is 3.51. The fraction of sp³-hybridized carbons (Fsp3) is 0.250. The molecule has 0 unspecified atom stereocenters. The highest BCUT2D eigenvalue weighted by Gasteiger charge is 2.14. The quantitative estimate of drug-likeness (QED) is 0.675. The summed E-state index contributed by atoms with van der Waals surface area (Å²) in [5.41, 5.74) is 8.52. The molecule has 2 rings (SSSR count). The topological polar surface area (TPSA) is 74.4 Å². The van der Waals surface area contributed by atoms with E-state index in [1.54, 1.807) is 37.5 Å². The summed E-state index contributed by atoms with van der Waals surface area (Å²) in [5, 5.41) is 0. The summed E-state index contributed by atoms with van der Waals surface area (Å²) < 4.78 is 10.7. The summed E-state index contributed by atoms with van der Waals surface area (Å²) in [6, 6.07) is 6.90. The third-order valence-electron chi connectivity index (χ3n) is 2.82. The van der Waals surface area contributed by atoms with Crippen LogP contribution >= 0.6 is 0 Å². The Bertz CT molecular complexity index is 641. The lowest BCUT2D eigenvalue weighted by molar-refractivity contribution is 0.0521. The van der Waals surface area contributed by atoms with Gasteiger partial charge >= 0.3 is 5.97 Å². The van der Waals surface area contributed by atoms with Crippen LogP contribution in [-0.2, 0) is 11.3 Å². The van der Waals surface area contributed by atoms with Crippen molar-refractivity contribution in [1.29, 1.82) is 0 Å². The zero-order valence-electron chi connectivity index (χ0n) is 12.1. The predicted octanol–water partition coefficient (Wildman–Crippen LogP) is 2.73. The van der Waals surface area contributed by atoms with E-state index < -0.39 is 5.97 Å². The van der Waals surface area contributed by atoms with E-state index in [0.29, 0.717) is 30.2 Å². The summed E-state index contributed by atoms with van der Waals surface area (Å²) in [7, 11) is 0. The molecular formula is C16H18N2O3. The van der Waals surface area contributed by atoms with Gasteiger partial charge in [0.15, 0.2) is 0 Å². The third-order valence-corrected chi connectivity index (χ3v) is 2.82. The second-order valence-corrected chi connectivity index (χ2v) is 4.64. The van der Waals surface area contributed by atoms with Gasteiger partial charge in [0.1, 0.15) is 17.9 Å². The van der Waals surface area contributed by atoms with E-state index in [0.717, 1.165) is 11.1 Å². The summed E-state index contributed by atoms with van der Waals surface area (Å²) in [5.74, 6) is 0.00585. The maximum Gasteiger partial charge on any atom is 0.341 e. The Morgan fingerprint density at radius 1 is 1.29 bits per heavy atom. The fourth-order valence-corrected chi connectivity index (χ4v) is 1.90. The molecule has 0 aliphatic carbocycles. The number of rotatable bonds is 5. The first-order chi connectivity index (χ1) is 10.1. The second kappa shape index (κ2) is 6.74. The van der Waals surface area contributed by atoms with Gasteiger partial charge in [-0.05, 0) is 43.7 Å². The van der Waals surface area contributed by atoms with Gasteiger partial charge in [0, 0.05) is 23.6 Å². The first-order valence-electron chi connectivity index (χ1n) is 6.70. The van der Waals surface area contributed by atoms with Gasteiger partial charge < -0.3 is 15.2 Å². The molecule has 0 saturated heterocycles. The van der Waals surface area contributed by atoms with Gasteiger partial charge in [0.05, 0.1) is 6.61 Å². The van der Waals surface area contributed by atoms with E-state index in [1.165, 1.54) is 0 Å². The highest BCUT2D eigenvalue weighted by molar-refractivity contribution is 5.93. The molecule has 2 aromatic rings. The van der Waals surface area contributed by atoms with Crippen molar-refractivity contribution < 1.29 is 14.3 Å². The molecule has 0 spiro atoms. The molecule has 0 aliphatic heterocycles. The summed E-state index contributed by atoms with van der Waals surface area (Å²) in [4.78, 5) is 16.0. The van der Waals surface area contributed by atoms with Gasteiger partial charge in [-0.25, -0.2) is 4.79 Å². The van der Waals surface area contributed by atoms with Crippen LogP contribution < -0.4 is 10.5 Å². The highest BCUT2D eigenvalue weighted by Crippen LogP contribution is 2.23. The number of ether oxygens (including phenoxy) is 2. The number of esters is 1. The molecule has 0 saturated carbocycles. The van der Waals surface area contributed by atoms with Gasteiger partial charge in [-0.3, -0.25) is 4.98 Å². The fourth-order valence-electron chi connectivity index (χ4n) is 1.90. The molecule has 1 heterocycles. The van der Waals surface area contributed by atoms with Gasteiger partial charge in [0.25, 0.3) is 0 Å². The first-order valence-corrected chi connectivity index (χ1v) is 6.70.